The molecule has 7 heteroatoms. The van der Waals surface area contributed by atoms with Gasteiger partial charge in [0.1, 0.15) is 11.5 Å². The SMILES string of the molecule is CC(C)(C)C1=NCCn2c(Cl)c(-c3cccc(C#N)c3)c(C(=O)n3ccnc3)c21. The van der Waals surface area contributed by atoms with Crippen LogP contribution in [0.15, 0.2) is 48.0 Å². The minimum atomic E-state index is -0.268. The van der Waals surface area contributed by atoms with Gasteiger partial charge < -0.3 is 4.57 Å². The van der Waals surface area contributed by atoms with Crippen molar-refractivity contribution < 1.29 is 4.79 Å². The number of nitriles is 1. The first-order valence-corrected chi connectivity index (χ1v) is 9.71. The zero-order valence-corrected chi connectivity index (χ0v) is 17.2. The number of carbonyl (C=O) groups excluding carboxylic acids is 1. The number of rotatable bonds is 2. The van der Waals surface area contributed by atoms with E-state index in [9.17, 15) is 10.1 Å². The molecule has 0 spiro atoms. The molecule has 0 unspecified atom stereocenters. The topological polar surface area (TPSA) is 76.0 Å². The highest BCUT2D eigenvalue weighted by Gasteiger charge is 2.36. The Kier molecular flexibility index (Phi) is 4.64. The molecule has 0 N–H and O–H groups in total. The molecule has 0 saturated carbocycles. The van der Waals surface area contributed by atoms with Gasteiger partial charge in [0.05, 0.1) is 35.1 Å². The van der Waals surface area contributed by atoms with Gasteiger partial charge in [-0.3, -0.25) is 14.4 Å². The molecule has 0 aliphatic carbocycles. The molecule has 0 atom stereocenters. The summed E-state index contributed by atoms with van der Waals surface area (Å²) < 4.78 is 3.41. The molecule has 1 aromatic carbocycles. The van der Waals surface area contributed by atoms with Gasteiger partial charge in [0.15, 0.2) is 0 Å². The van der Waals surface area contributed by atoms with Gasteiger partial charge in [-0.15, -0.1) is 0 Å². The lowest BCUT2D eigenvalue weighted by atomic mass is 9.85. The van der Waals surface area contributed by atoms with Crippen molar-refractivity contribution >= 4 is 23.2 Å². The van der Waals surface area contributed by atoms with Gasteiger partial charge in [-0.2, -0.15) is 5.26 Å². The van der Waals surface area contributed by atoms with E-state index >= 15 is 0 Å². The van der Waals surface area contributed by atoms with Crippen molar-refractivity contribution in [2.24, 2.45) is 10.4 Å². The summed E-state index contributed by atoms with van der Waals surface area (Å²) >= 11 is 6.85. The van der Waals surface area contributed by atoms with Crippen LogP contribution in [-0.4, -0.2) is 32.3 Å². The molecule has 3 aromatic rings. The Labute approximate surface area is 174 Å². The lowest BCUT2D eigenvalue weighted by Crippen LogP contribution is -2.31. The van der Waals surface area contributed by atoms with E-state index in [1.54, 1.807) is 30.6 Å². The van der Waals surface area contributed by atoms with Crippen molar-refractivity contribution in [3.05, 3.63) is 65.0 Å². The van der Waals surface area contributed by atoms with Gasteiger partial charge in [0.25, 0.3) is 5.91 Å². The molecule has 29 heavy (non-hydrogen) atoms. The van der Waals surface area contributed by atoms with Gasteiger partial charge in [0, 0.05) is 29.9 Å². The average Bonchev–Trinajstić information content (AvgIpc) is 3.33. The second-order valence-corrected chi connectivity index (χ2v) is 8.35. The number of imidazole rings is 1. The lowest BCUT2D eigenvalue weighted by Gasteiger charge is -2.27. The van der Waals surface area contributed by atoms with Crippen molar-refractivity contribution in [2.45, 2.75) is 27.3 Å². The summed E-state index contributed by atoms with van der Waals surface area (Å²) in [7, 11) is 0. The molecule has 3 heterocycles. The first kappa shape index (κ1) is 19.2. The zero-order valence-electron chi connectivity index (χ0n) is 16.5. The number of hydrogen-bond acceptors (Lipinski definition) is 4. The fourth-order valence-corrected chi connectivity index (χ4v) is 4.07. The van der Waals surface area contributed by atoms with Crippen molar-refractivity contribution in [1.82, 2.24) is 14.1 Å². The van der Waals surface area contributed by atoms with Crippen LogP contribution in [0.25, 0.3) is 11.1 Å². The number of hydrogen-bond donors (Lipinski definition) is 0. The Morgan fingerprint density at radius 2 is 2.10 bits per heavy atom. The number of halogens is 1. The number of aromatic nitrogens is 3. The monoisotopic (exact) mass is 405 g/mol. The largest absolute Gasteiger partial charge is 0.328 e. The van der Waals surface area contributed by atoms with Crippen molar-refractivity contribution in [3.8, 4) is 17.2 Å². The molecular formula is C22H20ClN5O. The third-order valence-electron chi connectivity index (χ3n) is 4.96. The Balaban J connectivity index is 2.07. The summed E-state index contributed by atoms with van der Waals surface area (Å²) in [6.45, 7) is 7.41. The molecule has 6 nitrogen and oxygen atoms in total. The number of aliphatic imine (C=N–C) groups is 1. The second kappa shape index (κ2) is 7.02. The Morgan fingerprint density at radius 1 is 1.31 bits per heavy atom. The Bertz CT molecular complexity index is 1170. The number of nitrogens with zero attached hydrogens (tertiary/aromatic N) is 5. The minimum Gasteiger partial charge on any atom is -0.328 e. The van der Waals surface area contributed by atoms with Crippen LogP contribution in [0.5, 0.6) is 0 Å². The maximum atomic E-state index is 13.5. The van der Waals surface area contributed by atoms with Crippen LogP contribution in [0.4, 0.5) is 0 Å². The Hall–Kier alpha value is -3.17. The molecule has 0 bridgehead atoms. The first-order chi connectivity index (χ1) is 13.8. The summed E-state index contributed by atoms with van der Waals surface area (Å²) in [5.41, 5.74) is 3.66. The molecule has 1 aliphatic heterocycles. The lowest BCUT2D eigenvalue weighted by molar-refractivity contribution is 0.0960. The van der Waals surface area contributed by atoms with E-state index in [1.807, 2.05) is 10.6 Å². The molecule has 0 radical (unpaired) electrons. The van der Waals surface area contributed by atoms with Crippen LogP contribution in [0, 0.1) is 16.7 Å². The highest BCUT2D eigenvalue weighted by Crippen LogP contribution is 2.41. The van der Waals surface area contributed by atoms with Crippen LogP contribution < -0.4 is 0 Å². The molecule has 0 amide bonds. The van der Waals surface area contributed by atoms with Crippen molar-refractivity contribution in [2.75, 3.05) is 6.54 Å². The van der Waals surface area contributed by atoms with Gasteiger partial charge in [0.2, 0.25) is 0 Å². The smallest absolute Gasteiger partial charge is 0.266 e. The maximum absolute atomic E-state index is 13.5. The fraction of sp³-hybridized carbons (Fsp3) is 0.273. The predicted octanol–water partition coefficient (Wildman–Crippen LogP) is 4.41. The summed E-state index contributed by atoms with van der Waals surface area (Å²) in [5, 5.41) is 9.81. The van der Waals surface area contributed by atoms with E-state index in [1.165, 1.54) is 10.9 Å². The van der Waals surface area contributed by atoms with E-state index in [0.717, 1.165) is 17.0 Å². The van der Waals surface area contributed by atoms with Crippen LogP contribution in [0.2, 0.25) is 5.15 Å². The summed E-state index contributed by atoms with van der Waals surface area (Å²) in [4.78, 5) is 22.3. The third kappa shape index (κ3) is 3.18. The number of benzene rings is 1. The quantitative estimate of drug-likeness (QED) is 0.633. The van der Waals surface area contributed by atoms with E-state index in [2.05, 4.69) is 31.8 Å². The summed E-state index contributed by atoms with van der Waals surface area (Å²) in [6, 6.07) is 9.30. The highest BCUT2D eigenvalue weighted by molar-refractivity contribution is 6.35. The van der Waals surface area contributed by atoms with Gasteiger partial charge in [-0.05, 0) is 17.7 Å². The van der Waals surface area contributed by atoms with Gasteiger partial charge >= 0.3 is 0 Å². The first-order valence-electron chi connectivity index (χ1n) is 9.33. The molecule has 146 valence electrons. The van der Waals surface area contributed by atoms with Crippen LogP contribution in [0.1, 0.15) is 42.4 Å². The van der Waals surface area contributed by atoms with E-state index in [4.69, 9.17) is 16.6 Å². The molecule has 0 saturated heterocycles. The van der Waals surface area contributed by atoms with Gasteiger partial charge in [-0.25, -0.2) is 4.98 Å². The van der Waals surface area contributed by atoms with Crippen molar-refractivity contribution in [1.29, 1.82) is 5.26 Å². The van der Waals surface area contributed by atoms with Gasteiger partial charge in [-0.1, -0.05) is 44.5 Å². The average molecular weight is 406 g/mol. The number of carbonyl (C=O) groups is 1. The molecule has 4 rings (SSSR count). The van der Waals surface area contributed by atoms with Crippen molar-refractivity contribution in [3.63, 3.8) is 0 Å². The summed E-state index contributed by atoms with van der Waals surface area (Å²) in [6.07, 6.45) is 4.66. The second-order valence-electron chi connectivity index (χ2n) is 7.99. The van der Waals surface area contributed by atoms with E-state index in [-0.39, 0.29) is 11.3 Å². The predicted molar refractivity (Wildman–Crippen MR) is 112 cm³/mol. The maximum Gasteiger partial charge on any atom is 0.266 e. The molecule has 1 aliphatic rings. The zero-order chi connectivity index (χ0) is 20.8. The Morgan fingerprint density at radius 3 is 2.76 bits per heavy atom. The standard InChI is InChI=1S/C22H20ClN5O/c1-22(2,3)19-18-17(21(29)27-9-7-25-13-27)16(20(23)28(18)10-8-26-19)15-6-4-5-14(11-15)12-24/h4-7,9,11,13H,8,10H2,1-3H3. The third-order valence-corrected chi connectivity index (χ3v) is 5.35. The fourth-order valence-electron chi connectivity index (χ4n) is 3.70. The minimum absolute atomic E-state index is 0.227. The van der Waals surface area contributed by atoms with Crippen LogP contribution >= 0.6 is 11.6 Å². The molecule has 0 fully saturated rings. The van der Waals surface area contributed by atoms with Crippen LogP contribution in [-0.2, 0) is 6.54 Å². The normalized spacial score (nSPS) is 13.6. The van der Waals surface area contributed by atoms with Crippen LogP contribution in [0.3, 0.4) is 0 Å². The molecule has 2 aromatic heterocycles. The number of fused-ring (bicyclic) bond motifs is 1. The van der Waals surface area contributed by atoms with E-state index in [0.29, 0.717) is 34.9 Å². The summed E-state index contributed by atoms with van der Waals surface area (Å²) in [5.74, 6) is -0.227. The van der Waals surface area contributed by atoms with E-state index < -0.39 is 0 Å². The highest BCUT2D eigenvalue weighted by atomic mass is 35.5. The molecular weight excluding hydrogens is 386 g/mol.